The molecule has 1 aliphatic rings. The molecule has 0 aliphatic carbocycles. The van der Waals surface area contributed by atoms with Crippen molar-refractivity contribution in [3.63, 3.8) is 0 Å². The van der Waals surface area contributed by atoms with Gasteiger partial charge in [-0.1, -0.05) is 44.5 Å². The van der Waals surface area contributed by atoms with Gasteiger partial charge in [0.25, 0.3) is 0 Å². The summed E-state index contributed by atoms with van der Waals surface area (Å²) < 4.78 is 0. The lowest BCUT2D eigenvalue weighted by Gasteiger charge is -2.16. The van der Waals surface area contributed by atoms with E-state index >= 15 is 0 Å². The molecule has 5 heteroatoms. The van der Waals surface area contributed by atoms with E-state index < -0.39 is 0 Å². The van der Waals surface area contributed by atoms with Gasteiger partial charge in [0.05, 0.1) is 6.54 Å². The Balaban J connectivity index is 1.82. The number of rotatable bonds is 3. The first-order chi connectivity index (χ1) is 9.84. The first-order valence-corrected chi connectivity index (χ1v) is 7.68. The third-order valence-corrected chi connectivity index (χ3v) is 3.64. The average Bonchev–Trinajstić information content (AvgIpc) is 2.86. The Morgan fingerprint density at radius 3 is 2.52 bits per heavy atom. The smallest absolute Gasteiger partial charge is 0.170 e. The van der Waals surface area contributed by atoms with Crippen LogP contribution in [0.3, 0.4) is 0 Å². The third kappa shape index (κ3) is 4.83. The molecule has 0 amide bonds. The summed E-state index contributed by atoms with van der Waals surface area (Å²) in [5.41, 5.74) is 3.34. The number of halogens is 1. The minimum Gasteiger partial charge on any atom is -0.358 e. The number of thiocarbonyl (C=S) groups is 1. The standard InChI is InChI=1S/C16H20ClN3S/c1-16(2,3)14-8-13(10-18-14)20-15(21)19-9-11-4-6-12(17)7-5-11/h4-8H,9-10H2,1-3H3,(H2,19,20,21). The van der Waals surface area contributed by atoms with Gasteiger partial charge in [0.1, 0.15) is 0 Å². The molecule has 112 valence electrons. The van der Waals surface area contributed by atoms with Gasteiger partial charge in [-0.25, -0.2) is 0 Å². The Hall–Kier alpha value is -1.39. The van der Waals surface area contributed by atoms with Crippen molar-refractivity contribution < 1.29 is 0 Å². The zero-order valence-corrected chi connectivity index (χ0v) is 14.1. The van der Waals surface area contributed by atoms with Gasteiger partial charge in [-0.15, -0.1) is 0 Å². The molecule has 0 unspecified atom stereocenters. The van der Waals surface area contributed by atoms with E-state index in [0.717, 1.165) is 22.0 Å². The second kappa shape index (κ2) is 6.58. The van der Waals surface area contributed by atoms with E-state index in [1.807, 2.05) is 24.3 Å². The summed E-state index contributed by atoms with van der Waals surface area (Å²) in [4.78, 5) is 4.53. The van der Waals surface area contributed by atoms with Crippen molar-refractivity contribution in [2.45, 2.75) is 27.3 Å². The van der Waals surface area contributed by atoms with Crippen LogP contribution in [-0.4, -0.2) is 17.4 Å². The summed E-state index contributed by atoms with van der Waals surface area (Å²) in [6.07, 6.45) is 2.08. The van der Waals surface area contributed by atoms with Crippen LogP contribution in [0.15, 0.2) is 41.0 Å². The van der Waals surface area contributed by atoms with Crippen LogP contribution < -0.4 is 10.6 Å². The topological polar surface area (TPSA) is 36.4 Å². The number of benzene rings is 1. The largest absolute Gasteiger partial charge is 0.358 e. The Labute approximate surface area is 136 Å². The van der Waals surface area contributed by atoms with Crippen LogP contribution in [0.4, 0.5) is 0 Å². The predicted octanol–water partition coefficient (Wildman–Crippen LogP) is 3.69. The van der Waals surface area contributed by atoms with Crippen molar-refractivity contribution in [3.05, 3.63) is 46.6 Å². The SMILES string of the molecule is CC(C)(C)C1=NCC(NC(=S)NCc2ccc(Cl)cc2)=C1. The molecule has 3 nitrogen and oxygen atoms in total. The van der Waals surface area contributed by atoms with Crippen LogP contribution in [0.1, 0.15) is 26.3 Å². The van der Waals surface area contributed by atoms with E-state index in [1.54, 1.807) is 0 Å². The first kappa shape index (κ1) is 16.0. The number of aliphatic imine (C=N–C) groups is 1. The maximum Gasteiger partial charge on any atom is 0.170 e. The molecule has 21 heavy (non-hydrogen) atoms. The fourth-order valence-electron chi connectivity index (χ4n) is 1.93. The van der Waals surface area contributed by atoms with E-state index in [4.69, 9.17) is 23.8 Å². The monoisotopic (exact) mass is 321 g/mol. The molecule has 1 aliphatic heterocycles. The third-order valence-electron chi connectivity index (χ3n) is 3.14. The highest BCUT2D eigenvalue weighted by atomic mass is 35.5. The second-order valence-electron chi connectivity index (χ2n) is 6.06. The fraction of sp³-hybridized carbons (Fsp3) is 0.375. The summed E-state index contributed by atoms with van der Waals surface area (Å²) in [6, 6.07) is 7.71. The Bertz CT molecular complexity index is 583. The molecule has 1 aromatic rings. The molecule has 0 saturated heterocycles. The number of nitrogens with zero attached hydrogens (tertiary/aromatic N) is 1. The van der Waals surface area contributed by atoms with Crippen LogP contribution in [0, 0.1) is 5.41 Å². The van der Waals surface area contributed by atoms with Crippen molar-refractivity contribution in [1.82, 2.24) is 10.6 Å². The van der Waals surface area contributed by atoms with Gasteiger partial charge in [-0.2, -0.15) is 0 Å². The maximum atomic E-state index is 5.86. The van der Waals surface area contributed by atoms with Crippen molar-refractivity contribution in [2.24, 2.45) is 10.4 Å². The molecule has 0 spiro atoms. The van der Waals surface area contributed by atoms with E-state index in [9.17, 15) is 0 Å². The highest BCUT2D eigenvalue weighted by Gasteiger charge is 2.21. The van der Waals surface area contributed by atoms with E-state index in [0.29, 0.717) is 18.2 Å². The molecule has 0 fully saturated rings. The Kier molecular flexibility index (Phi) is 5.01. The molecular weight excluding hydrogens is 302 g/mol. The lowest BCUT2D eigenvalue weighted by molar-refractivity contribution is 0.594. The van der Waals surface area contributed by atoms with Gasteiger partial charge >= 0.3 is 0 Å². The normalized spacial score (nSPS) is 14.5. The number of hydrogen-bond acceptors (Lipinski definition) is 2. The van der Waals surface area contributed by atoms with Crippen LogP contribution >= 0.6 is 23.8 Å². The molecule has 0 saturated carbocycles. The summed E-state index contributed by atoms with van der Waals surface area (Å²) in [7, 11) is 0. The van der Waals surface area contributed by atoms with Crippen LogP contribution in [0.25, 0.3) is 0 Å². The van der Waals surface area contributed by atoms with E-state index in [1.165, 1.54) is 0 Å². The molecule has 0 radical (unpaired) electrons. The van der Waals surface area contributed by atoms with Crippen LogP contribution in [-0.2, 0) is 6.54 Å². The summed E-state index contributed by atoms with van der Waals surface area (Å²) in [5.74, 6) is 0. The van der Waals surface area contributed by atoms with Gasteiger partial charge < -0.3 is 10.6 Å². The zero-order chi connectivity index (χ0) is 15.5. The van der Waals surface area contributed by atoms with Gasteiger partial charge in [0.15, 0.2) is 5.11 Å². The quantitative estimate of drug-likeness (QED) is 0.834. The predicted molar refractivity (Wildman–Crippen MR) is 93.9 cm³/mol. The minimum atomic E-state index is 0.0712. The fourth-order valence-corrected chi connectivity index (χ4v) is 2.26. The van der Waals surface area contributed by atoms with Gasteiger partial charge in [-0.05, 0) is 36.0 Å². The number of nitrogens with one attached hydrogen (secondary N) is 2. The second-order valence-corrected chi connectivity index (χ2v) is 6.90. The van der Waals surface area contributed by atoms with Crippen molar-refractivity contribution >= 4 is 34.6 Å². The van der Waals surface area contributed by atoms with E-state index in [-0.39, 0.29) is 5.41 Å². The molecule has 0 atom stereocenters. The summed E-state index contributed by atoms with van der Waals surface area (Å²) in [5, 5.41) is 7.74. The summed E-state index contributed by atoms with van der Waals surface area (Å²) in [6.45, 7) is 7.80. The zero-order valence-electron chi connectivity index (χ0n) is 12.5. The van der Waals surface area contributed by atoms with Gasteiger partial charge in [0.2, 0.25) is 0 Å². The number of hydrogen-bond donors (Lipinski definition) is 2. The maximum absolute atomic E-state index is 5.86. The Morgan fingerprint density at radius 1 is 1.29 bits per heavy atom. The van der Waals surface area contributed by atoms with Crippen molar-refractivity contribution in [2.75, 3.05) is 6.54 Å². The molecule has 2 N–H and O–H groups in total. The average molecular weight is 322 g/mol. The lowest BCUT2D eigenvalue weighted by atomic mass is 9.90. The van der Waals surface area contributed by atoms with Crippen LogP contribution in [0.2, 0.25) is 5.02 Å². The molecular formula is C16H20ClN3S. The molecule has 1 heterocycles. The first-order valence-electron chi connectivity index (χ1n) is 6.89. The molecule has 0 aromatic heterocycles. The highest BCUT2D eigenvalue weighted by Crippen LogP contribution is 2.21. The van der Waals surface area contributed by atoms with Gasteiger partial charge in [0, 0.05) is 28.4 Å². The van der Waals surface area contributed by atoms with Crippen LogP contribution in [0.5, 0.6) is 0 Å². The lowest BCUT2D eigenvalue weighted by Crippen LogP contribution is -2.34. The molecule has 0 bridgehead atoms. The Morgan fingerprint density at radius 2 is 1.95 bits per heavy atom. The van der Waals surface area contributed by atoms with Crippen molar-refractivity contribution in [1.29, 1.82) is 0 Å². The van der Waals surface area contributed by atoms with Crippen molar-refractivity contribution in [3.8, 4) is 0 Å². The van der Waals surface area contributed by atoms with Gasteiger partial charge in [-0.3, -0.25) is 4.99 Å². The minimum absolute atomic E-state index is 0.0712. The molecule has 2 rings (SSSR count). The number of allylic oxidation sites excluding steroid dienone is 1. The highest BCUT2D eigenvalue weighted by molar-refractivity contribution is 7.80. The molecule has 1 aromatic carbocycles. The summed E-state index contributed by atoms with van der Waals surface area (Å²) >= 11 is 11.2. The van der Waals surface area contributed by atoms with E-state index in [2.05, 4.69) is 42.5 Å².